The lowest BCUT2D eigenvalue weighted by Crippen LogP contribution is -2.48. The Morgan fingerprint density at radius 3 is 2.68 bits per heavy atom. The van der Waals surface area contributed by atoms with Crippen LogP contribution < -0.4 is 15.4 Å². The van der Waals surface area contributed by atoms with Gasteiger partial charge in [-0.25, -0.2) is 14.8 Å². The van der Waals surface area contributed by atoms with Gasteiger partial charge in [-0.3, -0.25) is 9.59 Å². The number of oxazole rings is 1. The quantitative estimate of drug-likeness (QED) is 0.307. The maximum Gasteiger partial charge on any atom is 0.338 e. The molecule has 1 aromatic carbocycles. The fraction of sp³-hybridized carbons (Fsp3) is 0.261. The first kappa shape index (κ1) is 24.8. The van der Waals surface area contributed by atoms with E-state index in [0.717, 1.165) is 0 Å². The Balaban J connectivity index is 1.56. The van der Waals surface area contributed by atoms with Gasteiger partial charge >= 0.3 is 17.8 Å². The van der Waals surface area contributed by atoms with Gasteiger partial charge in [0.15, 0.2) is 12.2 Å². The summed E-state index contributed by atoms with van der Waals surface area (Å²) >= 11 is 1.27. The predicted molar refractivity (Wildman–Crippen MR) is 126 cm³/mol. The molecule has 3 rings (SSSR count). The van der Waals surface area contributed by atoms with Crippen molar-refractivity contribution in [3.8, 4) is 17.1 Å². The normalized spacial score (nSPS) is 11.0. The number of hydrogen-bond donors (Lipinski definition) is 3. The average molecular weight is 485 g/mol. The zero-order valence-electron chi connectivity index (χ0n) is 18.8. The van der Waals surface area contributed by atoms with Crippen LogP contribution in [0, 0.1) is 0 Å². The largest absolute Gasteiger partial charge is 0.496 e. The number of nitrogens with one attached hydrogen (secondary N) is 2. The van der Waals surface area contributed by atoms with E-state index < -0.39 is 23.3 Å². The maximum absolute atomic E-state index is 12.5. The highest BCUT2D eigenvalue weighted by Crippen LogP contribution is 2.32. The van der Waals surface area contributed by atoms with E-state index in [0.29, 0.717) is 40.0 Å². The summed E-state index contributed by atoms with van der Waals surface area (Å²) in [5, 5.41) is 14.9. The number of ether oxygens (including phenoxy) is 1. The molecule has 34 heavy (non-hydrogen) atoms. The van der Waals surface area contributed by atoms with Crippen LogP contribution in [0.3, 0.4) is 0 Å². The highest BCUT2D eigenvalue weighted by atomic mass is 32.2. The van der Waals surface area contributed by atoms with Gasteiger partial charge in [-0.2, -0.15) is 0 Å². The van der Waals surface area contributed by atoms with Gasteiger partial charge in [-0.1, -0.05) is 0 Å². The first-order chi connectivity index (χ1) is 16.2. The number of carbonyl (C=O) groups is 3. The van der Waals surface area contributed by atoms with Crippen molar-refractivity contribution in [2.45, 2.75) is 30.8 Å². The van der Waals surface area contributed by atoms with Crippen LogP contribution >= 0.6 is 11.8 Å². The topological polar surface area (TPSA) is 144 Å². The lowest BCUT2D eigenvalue weighted by atomic mass is 10.0. The van der Waals surface area contributed by atoms with Gasteiger partial charge in [-0.05, 0) is 44.5 Å². The second-order valence-corrected chi connectivity index (χ2v) is 8.92. The zero-order valence-corrected chi connectivity index (χ0v) is 19.6. The molecule has 2 amide bonds. The Hall–Kier alpha value is -3.86. The third-order valence-corrected chi connectivity index (χ3v) is 5.79. The Morgan fingerprint density at radius 2 is 2.00 bits per heavy atom. The maximum atomic E-state index is 12.5. The van der Waals surface area contributed by atoms with Gasteiger partial charge in [0.05, 0.1) is 24.4 Å². The lowest BCUT2D eigenvalue weighted by Gasteiger charge is -2.25. The summed E-state index contributed by atoms with van der Waals surface area (Å²) in [4.78, 5) is 44.2. The minimum absolute atomic E-state index is 0.124. The molecule has 0 radical (unpaired) electrons. The summed E-state index contributed by atoms with van der Waals surface area (Å²) in [5.41, 5.74) is 0.441. The molecular formula is C23H24N4O6S. The molecule has 3 N–H and O–H groups in total. The average Bonchev–Trinajstić information content (AvgIpc) is 3.33. The molecule has 11 heteroatoms. The number of rotatable bonds is 9. The highest BCUT2D eigenvalue weighted by molar-refractivity contribution is 7.99. The van der Waals surface area contributed by atoms with Gasteiger partial charge in [0, 0.05) is 29.2 Å². The molecule has 2 heterocycles. The molecular weight excluding hydrogens is 460 g/mol. The Bertz CT molecular complexity index is 1180. The van der Waals surface area contributed by atoms with Crippen molar-refractivity contribution in [1.29, 1.82) is 0 Å². The molecule has 0 bridgehead atoms. The molecule has 0 aliphatic rings. The Labute approximate surface area is 200 Å². The Kier molecular flexibility index (Phi) is 7.90. The van der Waals surface area contributed by atoms with Crippen molar-refractivity contribution in [1.82, 2.24) is 15.3 Å². The number of hydrogen-bond acceptors (Lipinski definition) is 8. The number of aromatic carboxylic acids is 1. The fourth-order valence-corrected chi connectivity index (χ4v) is 4.26. The first-order valence-corrected chi connectivity index (χ1v) is 11.2. The van der Waals surface area contributed by atoms with Crippen molar-refractivity contribution in [3.05, 3.63) is 54.7 Å². The molecule has 3 aromatic rings. The summed E-state index contributed by atoms with van der Waals surface area (Å²) in [6.45, 7) is 3.56. The summed E-state index contributed by atoms with van der Waals surface area (Å²) in [6.07, 6.45) is 4.85. The summed E-state index contributed by atoms with van der Waals surface area (Å²) in [7, 11) is 1.48. The molecule has 0 atom stereocenters. The molecule has 0 unspecified atom stereocenters. The fourth-order valence-electron chi connectivity index (χ4n) is 3.01. The number of pyridine rings is 1. The molecule has 0 saturated carbocycles. The summed E-state index contributed by atoms with van der Waals surface area (Å²) in [6, 6.07) is 7.95. The van der Waals surface area contributed by atoms with Crippen LogP contribution in [0.1, 0.15) is 30.6 Å². The van der Waals surface area contributed by atoms with Crippen LogP contribution in [0.5, 0.6) is 5.75 Å². The second-order valence-electron chi connectivity index (χ2n) is 7.83. The first-order valence-electron chi connectivity index (χ1n) is 10.2. The summed E-state index contributed by atoms with van der Waals surface area (Å²) in [5.74, 6) is -1.22. The lowest BCUT2D eigenvalue weighted by molar-refractivity contribution is -0.137. The van der Waals surface area contributed by atoms with Crippen molar-refractivity contribution >= 4 is 35.2 Å². The molecule has 0 aliphatic heterocycles. The molecule has 0 fully saturated rings. The standard InChI is InChI=1S/C23H24N4O6S/c1-23(2,8-10-34-21-16(22(30)31)5-4-9-25-21)27-20(29)19(28)26-14-6-7-15(17(11-14)32-3)18-12-24-13-33-18/h4-7,9,11-13H,8,10H2,1-3H3,(H,26,28)(H,27,29)(H,30,31). The van der Waals surface area contributed by atoms with Crippen LogP contribution in [0.15, 0.2) is 58.6 Å². The third-order valence-electron chi connectivity index (χ3n) is 4.78. The van der Waals surface area contributed by atoms with Gasteiger partial charge in [0.2, 0.25) is 0 Å². The number of methoxy groups -OCH3 is 1. The van der Waals surface area contributed by atoms with E-state index in [2.05, 4.69) is 20.6 Å². The van der Waals surface area contributed by atoms with Gasteiger partial charge in [-0.15, -0.1) is 11.8 Å². The van der Waals surface area contributed by atoms with E-state index in [1.165, 1.54) is 37.5 Å². The van der Waals surface area contributed by atoms with Gasteiger partial charge in [0.1, 0.15) is 10.8 Å². The molecule has 10 nitrogen and oxygen atoms in total. The smallest absolute Gasteiger partial charge is 0.338 e. The highest BCUT2D eigenvalue weighted by Gasteiger charge is 2.25. The minimum atomic E-state index is -1.05. The minimum Gasteiger partial charge on any atom is -0.496 e. The molecule has 0 saturated heterocycles. The van der Waals surface area contributed by atoms with Crippen LogP contribution in [-0.4, -0.2) is 51.3 Å². The number of carboxylic acid groups (broad SMARTS) is 1. The van der Waals surface area contributed by atoms with E-state index in [1.54, 1.807) is 44.3 Å². The molecule has 0 spiro atoms. The molecule has 0 aliphatic carbocycles. The van der Waals surface area contributed by atoms with Crippen LogP contribution in [-0.2, 0) is 9.59 Å². The van der Waals surface area contributed by atoms with Gasteiger partial charge in [0.25, 0.3) is 0 Å². The second kappa shape index (κ2) is 10.8. The number of thioether (sulfide) groups is 1. The number of benzene rings is 1. The number of carbonyl (C=O) groups excluding carboxylic acids is 2. The van der Waals surface area contributed by atoms with Crippen molar-refractivity contribution in [3.63, 3.8) is 0 Å². The van der Waals surface area contributed by atoms with E-state index in [4.69, 9.17) is 9.15 Å². The van der Waals surface area contributed by atoms with Crippen molar-refractivity contribution < 1.29 is 28.6 Å². The van der Waals surface area contributed by atoms with Crippen molar-refractivity contribution in [2.24, 2.45) is 0 Å². The van der Waals surface area contributed by atoms with Crippen LogP contribution in [0.25, 0.3) is 11.3 Å². The van der Waals surface area contributed by atoms with Crippen LogP contribution in [0.2, 0.25) is 0 Å². The zero-order chi connectivity index (χ0) is 24.7. The number of carboxylic acids is 1. The van der Waals surface area contributed by atoms with Crippen molar-refractivity contribution in [2.75, 3.05) is 18.2 Å². The van der Waals surface area contributed by atoms with Crippen LogP contribution in [0.4, 0.5) is 5.69 Å². The number of amides is 2. The molecule has 178 valence electrons. The van der Waals surface area contributed by atoms with E-state index in [9.17, 15) is 19.5 Å². The van der Waals surface area contributed by atoms with E-state index >= 15 is 0 Å². The third kappa shape index (κ3) is 6.35. The number of anilines is 1. The predicted octanol–water partition coefficient (Wildman–Crippen LogP) is 3.46. The summed E-state index contributed by atoms with van der Waals surface area (Å²) < 4.78 is 10.6. The molecule has 2 aromatic heterocycles. The SMILES string of the molecule is COc1cc(NC(=O)C(=O)NC(C)(C)CCSc2ncccc2C(=O)O)ccc1-c1cnco1. The van der Waals surface area contributed by atoms with E-state index in [1.807, 2.05) is 0 Å². The number of nitrogens with zero attached hydrogens (tertiary/aromatic N) is 2. The number of aromatic nitrogens is 2. The monoisotopic (exact) mass is 484 g/mol. The van der Waals surface area contributed by atoms with Gasteiger partial charge < -0.3 is 24.9 Å². The Morgan fingerprint density at radius 1 is 1.21 bits per heavy atom. The van der Waals surface area contributed by atoms with E-state index in [-0.39, 0.29) is 5.56 Å².